The van der Waals surface area contributed by atoms with Gasteiger partial charge in [0.05, 0.1) is 5.56 Å². The molecule has 2 aromatic rings. The van der Waals surface area contributed by atoms with E-state index in [1.807, 2.05) is 30.3 Å². The summed E-state index contributed by atoms with van der Waals surface area (Å²) in [5.74, 6) is -0.370. The fraction of sp³-hybridized carbons (Fsp3) is 0.176. The van der Waals surface area contributed by atoms with E-state index >= 15 is 0 Å². The molecule has 2 N–H and O–H groups in total. The molecule has 0 spiro atoms. The Morgan fingerprint density at radius 3 is 2.35 bits per heavy atom. The lowest BCUT2D eigenvalue weighted by Crippen LogP contribution is -2.20. The van der Waals surface area contributed by atoms with Crippen molar-refractivity contribution in [2.24, 2.45) is 0 Å². The molecule has 0 atom stereocenters. The number of carbonyl (C=O) groups is 2. The van der Waals surface area contributed by atoms with Crippen molar-refractivity contribution in [3.8, 4) is 0 Å². The average Bonchev–Trinajstić information content (AvgIpc) is 2.58. The van der Waals surface area contributed by atoms with E-state index in [0.29, 0.717) is 25.3 Å². The quantitative estimate of drug-likeness (QED) is 0.465. The topological polar surface area (TPSA) is 67.4 Å². The Kier molecular flexibility index (Phi) is 6.23. The summed E-state index contributed by atoms with van der Waals surface area (Å²) in [6.07, 6.45) is 0. The maximum Gasteiger partial charge on any atom is 0.338 e. The third-order valence-corrected chi connectivity index (χ3v) is 3.17. The largest absolute Gasteiger partial charge is 0.460 e. The van der Waals surface area contributed by atoms with Crippen LogP contribution in [0.2, 0.25) is 0 Å². The van der Waals surface area contributed by atoms with Crippen LogP contribution in [-0.4, -0.2) is 32.8 Å². The summed E-state index contributed by atoms with van der Waals surface area (Å²) in [5.41, 5.74) is 2.52. The first-order chi connectivity index (χ1) is 11.1. The molecule has 0 heterocycles. The van der Waals surface area contributed by atoms with Gasteiger partial charge in [0.2, 0.25) is 7.85 Å². The average molecular weight is 310 g/mol. The number of rotatable bonds is 7. The number of amides is 1. The predicted octanol–water partition coefficient (Wildman–Crippen LogP) is 1.80. The summed E-state index contributed by atoms with van der Waals surface area (Å²) >= 11 is 0. The predicted molar refractivity (Wildman–Crippen MR) is 92.4 cm³/mol. The third-order valence-electron chi connectivity index (χ3n) is 3.17. The molecule has 0 fully saturated rings. The van der Waals surface area contributed by atoms with Crippen molar-refractivity contribution < 1.29 is 14.3 Å². The lowest BCUT2D eigenvalue weighted by atomic mass is 10.1. The van der Waals surface area contributed by atoms with Gasteiger partial charge in [0, 0.05) is 18.8 Å². The zero-order valence-electron chi connectivity index (χ0n) is 13.0. The van der Waals surface area contributed by atoms with E-state index in [1.165, 1.54) is 7.85 Å². The first kappa shape index (κ1) is 16.6. The van der Waals surface area contributed by atoms with Gasteiger partial charge in [0.1, 0.15) is 6.61 Å². The minimum atomic E-state index is -0.321. The van der Waals surface area contributed by atoms with E-state index in [1.54, 1.807) is 24.3 Å². The summed E-state index contributed by atoms with van der Waals surface area (Å²) in [6, 6.07) is 16.6. The minimum Gasteiger partial charge on any atom is -0.460 e. The first-order valence-corrected chi connectivity index (χ1v) is 7.44. The summed E-state index contributed by atoms with van der Waals surface area (Å²) in [6.45, 7) is 1.34. The lowest BCUT2D eigenvalue weighted by molar-refractivity contribution is 0.0520. The second kappa shape index (κ2) is 8.63. The number of hydrogen-bond donors (Lipinski definition) is 2. The van der Waals surface area contributed by atoms with Crippen LogP contribution < -0.4 is 10.6 Å². The Balaban J connectivity index is 1.70. The fourth-order valence-electron chi connectivity index (χ4n) is 1.96. The van der Waals surface area contributed by atoms with Crippen molar-refractivity contribution in [2.75, 3.05) is 18.5 Å². The number of esters is 1. The highest BCUT2D eigenvalue weighted by Crippen LogP contribution is 2.09. The van der Waals surface area contributed by atoms with Crippen molar-refractivity contribution in [2.45, 2.75) is 6.54 Å². The van der Waals surface area contributed by atoms with Gasteiger partial charge in [-0.05, 0) is 29.8 Å². The van der Waals surface area contributed by atoms with E-state index in [0.717, 1.165) is 11.3 Å². The standard InChI is InChI=1S/C17H19BN2O3/c18-17(22)20-12-13-6-8-15(9-7-13)19-10-11-23-16(21)14-4-2-1-3-5-14/h1-9,19H,10-12,18H2,(H,20,22). The van der Waals surface area contributed by atoms with Crippen LogP contribution >= 0.6 is 0 Å². The maximum absolute atomic E-state index is 11.7. The van der Waals surface area contributed by atoms with E-state index in [-0.39, 0.29) is 11.8 Å². The van der Waals surface area contributed by atoms with Crippen LogP contribution in [0, 0.1) is 0 Å². The van der Waals surface area contributed by atoms with Gasteiger partial charge in [0.15, 0.2) is 5.81 Å². The molecule has 1 amide bonds. The van der Waals surface area contributed by atoms with Crippen LogP contribution in [0.5, 0.6) is 0 Å². The zero-order valence-corrected chi connectivity index (χ0v) is 13.0. The van der Waals surface area contributed by atoms with Crippen LogP contribution in [-0.2, 0) is 11.3 Å². The summed E-state index contributed by atoms with van der Waals surface area (Å²) in [5, 5.41) is 5.92. The molecule has 0 unspecified atom stereocenters. The number of benzene rings is 2. The molecule has 0 aliphatic rings. The fourth-order valence-corrected chi connectivity index (χ4v) is 1.96. The van der Waals surface area contributed by atoms with E-state index in [9.17, 15) is 9.59 Å². The first-order valence-electron chi connectivity index (χ1n) is 7.44. The number of anilines is 1. The van der Waals surface area contributed by atoms with Gasteiger partial charge >= 0.3 is 5.97 Å². The number of nitrogens with one attached hydrogen (secondary N) is 2. The van der Waals surface area contributed by atoms with Gasteiger partial charge < -0.3 is 15.4 Å². The highest BCUT2D eigenvalue weighted by atomic mass is 16.5. The van der Waals surface area contributed by atoms with E-state index < -0.39 is 0 Å². The van der Waals surface area contributed by atoms with E-state index in [2.05, 4.69) is 10.6 Å². The number of ether oxygens (including phenoxy) is 1. The van der Waals surface area contributed by atoms with Crippen LogP contribution in [0.4, 0.5) is 10.5 Å². The Hall–Kier alpha value is -2.76. The van der Waals surface area contributed by atoms with E-state index in [4.69, 9.17) is 4.74 Å². The van der Waals surface area contributed by atoms with Crippen molar-refractivity contribution in [3.63, 3.8) is 0 Å². The second-order valence-electron chi connectivity index (χ2n) is 5.04. The molecule has 0 radical (unpaired) electrons. The van der Waals surface area contributed by atoms with Gasteiger partial charge in [-0.1, -0.05) is 30.3 Å². The Morgan fingerprint density at radius 2 is 1.70 bits per heavy atom. The molecule has 2 aromatic carbocycles. The van der Waals surface area contributed by atoms with Gasteiger partial charge in [-0.25, -0.2) is 4.79 Å². The van der Waals surface area contributed by atoms with Gasteiger partial charge in [-0.2, -0.15) is 0 Å². The molecule has 0 aliphatic heterocycles. The molecule has 5 nitrogen and oxygen atoms in total. The van der Waals surface area contributed by atoms with Gasteiger partial charge in [-0.15, -0.1) is 0 Å². The Labute approximate surface area is 136 Å². The summed E-state index contributed by atoms with van der Waals surface area (Å²) < 4.78 is 5.19. The normalized spacial score (nSPS) is 9.91. The SMILES string of the molecule is BC(=O)NCc1ccc(NCCOC(=O)c2ccccc2)cc1. The third kappa shape index (κ3) is 5.86. The van der Waals surface area contributed by atoms with Crippen LogP contribution in [0.3, 0.4) is 0 Å². The molecule has 2 rings (SSSR count). The molecular formula is C17H19BN2O3. The Bertz CT molecular complexity index is 645. The minimum absolute atomic E-state index is 0.0487. The highest BCUT2D eigenvalue weighted by molar-refractivity contribution is 6.57. The summed E-state index contributed by atoms with van der Waals surface area (Å²) in [4.78, 5) is 22.6. The summed E-state index contributed by atoms with van der Waals surface area (Å²) in [7, 11) is 1.49. The van der Waals surface area contributed by atoms with Crippen molar-refractivity contribution >= 4 is 25.3 Å². The molecule has 6 heteroatoms. The monoisotopic (exact) mass is 310 g/mol. The molecule has 0 aliphatic carbocycles. The molecule has 0 saturated carbocycles. The van der Waals surface area contributed by atoms with Crippen molar-refractivity contribution in [3.05, 3.63) is 65.7 Å². The smallest absolute Gasteiger partial charge is 0.338 e. The molecule has 0 saturated heterocycles. The Morgan fingerprint density at radius 1 is 1.00 bits per heavy atom. The van der Waals surface area contributed by atoms with Crippen LogP contribution in [0.1, 0.15) is 15.9 Å². The number of carbonyl (C=O) groups excluding carboxylic acids is 2. The van der Waals surface area contributed by atoms with Gasteiger partial charge in [0.25, 0.3) is 0 Å². The highest BCUT2D eigenvalue weighted by Gasteiger charge is 2.05. The molecule has 23 heavy (non-hydrogen) atoms. The number of hydrogen-bond acceptors (Lipinski definition) is 4. The maximum atomic E-state index is 11.7. The molecular weight excluding hydrogens is 291 g/mol. The molecule has 0 bridgehead atoms. The molecule has 0 aromatic heterocycles. The second-order valence-corrected chi connectivity index (χ2v) is 5.04. The lowest BCUT2D eigenvalue weighted by Gasteiger charge is -2.09. The molecule has 118 valence electrons. The van der Waals surface area contributed by atoms with Crippen LogP contribution in [0.15, 0.2) is 54.6 Å². The zero-order chi connectivity index (χ0) is 16.5. The van der Waals surface area contributed by atoms with Crippen molar-refractivity contribution in [1.29, 1.82) is 0 Å². The van der Waals surface area contributed by atoms with Crippen molar-refractivity contribution in [1.82, 2.24) is 5.32 Å². The van der Waals surface area contributed by atoms with Gasteiger partial charge in [-0.3, -0.25) is 4.79 Å². The van der Waals surface area contributed by atoms with Crippen LogP contribution in [0.25, 0.3) is 0 Å².